The first-order chi connectivity index (χ1) is 47.0. The fraction of sp³-hybridized carbons (Fsp3) is 0.448. The molecule has 13 rings (SSSR count). The van der Waals surface area contributed by atoms with Gasteiger partial charge in [0.05, 0.1) is 11.4 Å². The van der Waals surface area contributed by atoms with Crippen molar-refractivity contribution in [3.05, 3.63) is 172 Å². The predicted octanol–water partition coefficient (Wildman–Crippen LogP) is 33.0. The topological polar surface area (TPSA) is 0 Å². The van der Waals surface area contributed by atoms with Crippen molar-refractivity contribution in [3.63, 3.8) is 0 Å². The van der Waals surface area contributed by atoms with Crippen LogP contribution in [0, 0.1) is 0 Å². The van der Waals surface area contributed by atoms with Crippen molar-refractivity contribution in [1.82, 2.24) is 0 Å². The van der Waals surface area contributed by atoms with E-state index >= 15 is 0 Å². The summed E-state index contributed by atoms with van der Waals surface area (Å²) >= 11 is 23.0. The Hall–Kier alpha value is -3.48. The van der Waals surface area contributed by atoms with Gasteiger partial charge in [0.1, 0.15) is 0 Å². The maximum absolute atomic E-state index is 3.83. The minimum Gasteiger partial charge on any atom is -0.134 e. The Morgan fingerprint density at radius 2 is 0.458 bits per heavy atom. The molecule has 0 unspecified atom stereocenters. The molecular weight excluding hydrogens is 1480 g/mol. The summed E-state index contributed by atoms with van der Waals surface area (Å²) in [5, 5.41) is 0. The van der Waals surface area contributed by atoms with Crippen molar-refractivity contribution < 1.29 is 0 Å². The van der Waals surface area contributed by atoms with Crippen LogP contribution in [0.3, 0.4) is 0 Å². The first kappa shape index (κ1) is 70.9. The zero-order valence-corrected chi connectivity index (χ0v) is 67.6. The van der Waals surface area contributed by atoms with E-state index in [1.165, 1.54) is 265 Å². The predicted molar refractivity (Wildman–Crippen MR) is 441 cm³/mol. The molecule has 0 N–H and O–H groups in total. The number of unbranched alkanes of at least 4 members (excludes halogenated alkanes) is 18. The highest BCUT2D eigenvalue weighted by atomic mass is 79.9. The summed E-state index contributed by atoms with van der Waals surface area (Å²) in [6, 6.07) is 52.6. The van der Waals surface area contributed by atoms with Gasteiger partial charge in [0.25, 0.3) is 0 Å². The van der Waals surface area contributed by atoms with Crippen molar-refractivity contribution in [2.75, 3.05) is 0 Å². The second-order valence-corrected chi connectivity index (χ2v) is 39.1. The molecule has 0 fully saturated rings. The van der Waals surface area contributed by atoms with Crippen LogP contribution < -0.4 is 0 Å². The highest BCUT2D eigenvalue weighted by molar-refractivity contribution is 9.11. The molecule has 0 spiro atoms. The summed E-state index contributed by atoms with van der Waals surface area (Å²) in [6.07, 6.45) is 37.5. The summed E-state index contributed by atoms with van der Waals surface area (Å²) in [5.74, 6) is 0. The number of benzene rings is 4. The Labute approximate surface area is 626 Å². The Bertz CT molecular complexity index is 3770. The van der Waals surface area contributed by atoms with Crippen LogP contribution in [0.25, 0.3) is 94.0 Å². The Morgan fingerprint density at radius 3 is 0.677 bits per heavy atom. The molecule has 0 aliphatic heterocycles. The molecule has 6 heterocycles. The lowest BCUT2D eigenvalue weighted by Crippen LogP contribution is -2.31. The van der Waals surface area contributed by atoms with Crippen molar-refractivity contribution in [2.45, 2.75) is 250 Å². The number of hydrogen-bond donors (Lipinski definition) is 0. The number of thiophene rings is 6. The average molecular weight is 1580 g/mol. The lowest BCUT2D eigenvalue weighted by Gasteiger charge is -2.39. The first-order valence-electron chi connectivity index (χ1n) is 37.3. The van der Waals surface area contributed by atoms with Crippen LogP contribution in [0.2, 0.25) is 0 Å². The molecule has 0 radical (unpaired) electrons. The maximum atomic E-state index is 3.83. The molecule has 504 valence electrons. The molecule has 10 aromatic rings. The maximum Gasteiger partial charge on any atom is 0.0705 e. The van der Waals surface area contributed by atoms with Crippen LogP contribution in [-0.4, -0.2) is 0 Å². The van der Waals surface area contributed by atoms with E-state index in [2.05, 4.69) is 217 Å². The molecule has 3 aliphatic carbocycles. The fourth-order valence-electron chi connectivity index (χ4n) is 17.6. The van der Waals surface area contributed by atoms with Crippen LogP contribution in [0.4, 0.5) is 0 Å². The van der Waals surface area contributed by atoms with Crippen LogP contribution in [0.1, 0.15) is 268 Å². The van der Waals surface area contributed by atoms with Crippen LogP contribution in [-0.2, 0) is 16.2 Å². The van der Waals surface area contributed by atoms with Gasteiger partial charge in [-0.05, 0) is 261 Å². The third-order valence-electron chi connectivity index (χ3n) is 22.2. The number of halogens is 3. The average Bonchev–Trinajstić information content (AvgIpc) is 1.48. The van der Waals surface area contributed by atoms with E-state index in [1.807, 2.05) is 68.0 Å². The van der Waals surface area contributed by atoms with E-state index in [-0.39, 0.29) is 16.2 Å². The van der Waals surface area contributed by atoms with Crippen molar-refractivity contribution in [2.24, 2.45) is 0 Å². The van der Waals surface area contributed by atoms with Crippen LogP contribution in [0.15, 0.2) is 139 Å². The molecule has 4 aromatic carbocycles. The minimum atomic E-state index is -0.162. The van der Waals surface area contributed by atoms with Crippen molar-refractivity contribution in [1.29, 1.82) is 0 Å². The van der Waals surface area contributed by atoms with E-state index in [1.54, 1.807) is 66.8 Å². The summed E-state index contributed by atoms with van der Waals surface area (Å²) in [6.45, 7) is 14.5. The summed E-state index contributed by atoms with van der Waals surface area (Å²) in [5.41, 5.74) is 23.6. The SMILES string of the molecule is CCCCCCC1(CCCCCC)c2ccc(-c3ccc(-c4ccc(Br)s4)s3)cc2-c2c1c1c(c3c2C(CCCCCC)(CCCCCC)c2ccc(-c4ccc(-c5ccc(Br)s5)s4)cc2-3)C(CCCCCC)(CCCCCC)c2ccc(-c3ccc(-c4ccc(Br)s4)s3)cc2-1. The van der Waals surface area contributed by atoms with Crippen LogP contribution in [0.5, 0.6) is 0 Å². The number of rotatable bonds is 36. The molecule has 96 heavy (non-hydrogen) atoms. The standard InChI is InChI=1S/C87H99Br3S6/c1-7-13-19-25-49-85(50-26-20-14-8-2)64-34-31-58(67-37-40-70(91-67)73-43-46-76(88)94-73)55-61(64)79-82(85)80-62-56-59(68-38-41-71(92-68)74-44-47-77(89)95-74)32-35-65(62)86(51-27-21-15-9-3,52-28-22-16-10-4)84(80)81-63-57-60(69-39-42-72(93-69)75-45-48-78(90)96-75)33-36-66(63)87(83(79)81,53-29-23-17-11-5)54-30-24-18-12-6/h31-48,55-57H,7-30,49-54H2,1-6H3. The zero-order chi connectivity index (χ0) is 66.4. The first-order valence-corrected chi connectivity index (χ1v) is 44.6. The molecule has 0 saturated heterocycles. The van der Waals surface area contributed by atoms with Gasteiger partial charge in [-0.25, -0.2) is 0 Å². The molecule has 0 bridgehead atoms. The van der Waals surface area contributed by atoms with Crippen LogP contribution >= 0.6 is 116 Å². The Kier molecular flexibility index (Phi) is 23.8. The van der Waals surface area contributed by atoms with Gasteiger partial charge in [-0.15, -0.1) is 68.0 Å². The van der Waals surface area contributed by atoms with E-state index in [0.29, 0.717) is 0 Å². The molecule has 0 atom stereocenters. The molecule has 0 nitrogen and oxygen atoms in total. The van der Waals surface area contributed by atoms with Gasteiger partial charge in [0.15, 0.2) is 0 Å². The molecule has 3 aliphatic rings. The van der Waals surface area contributed by atoms with Crippen molar-refractivity contribution >= 4 is 116 Å². The van der Waals surface area contributed by atoms with Gasteiger partial charge in [0.2, 0.25) is 0 Å². The Balaban J connectivity index is 1.19. The highest BCUT2D eigenvalue weighted by Crippen LogP contribution is 2.72. The summed E-state index contributed by atoms with van der Waals surface area (Å²) in [4.78, 5) is 12.2. The largest absolute Gasteiger partial charge is 0.134 e. The quantitative estimate of drug-likeness (QED) is 0.0343. The lowest BCUT2D eigenvalue weighted by molar-refractivity contribution is 0.389. The third-order valence-corrected chi connectivity index (χ3v) is 31.1. The lowest BCUT2D eigenvalue weighted by atomic mass is 9.63. The summed E-state index contributed by atoms with van der Waals surface area (Å²) in [7, 11) is 0. The van der Waals surface area contributed by atoms with E-state index in [4.69, 9.17) is 0 Å². The van der Waals surface area contributed by atoms with Gasteiger partial charge in [0, 0.05) is 60.1 Å². The van der Waals surface area contributed by atoms with Gasteiger partial charge in [-0.2, -0.15) is 0 Å². The second kappa shape index (κ2) is 32.2. The smallest absolute Gasteiger partial charge is 0.0705 e. The molecular formula is C87H99Br3S6. The molecule has 9 heteroatoms. The minimum absolute atomic E-state index is 0.162. The van der Waals surface area contributed by atoms with Crippen molar-refractivity contribution in [3.8, 4) is 94.0 Å². The molecule has 6 aromatic heterocycles. The van der Waals surface area contributed by atoms with Gasteiger partial charge >= 0.3 is 0 Å². The van der Waals surface area contributed by atoms with E-state index in [9.17, 15) is 0 Å². The van der Waals surface area contributed by atoms with Gasteiger partial charge in [-0.3, -0.25) is 0 Å². The monoisotopic (exact) mass is 1570 g/mol. The van der Waals surface area contributed by atoms with E-state index < -0.39 is 0 Å². The summed E-state index contributed by atoms with van der Waals surface area (Å²) < 4.78 is 3.57. The highest BCUT2D eigenvalue weighted by Gasteiger charge is 2.58. The molecule has 0 amide bonds. The second-order valence-electron chi connectivity index (χ2n) is 28.4. The molecule has 0 saturated carbocycles. The normalized spacial score (nSPS) is 14.3. The van der Waals surface area contributed by atoms with E-state index in [0.717, 1.165) is 0 Å². The van der Waals surface area contributed by atoms with Gasteiger partial charge < -0.3 is 0 Å². The number of hydrogen-bond acceptors (Lipinski definition) is 6. The Morgan fingerprint density at radius 1 is 0.240 bits per heavy atom. The number of fused-ring (bicyclic) bond motifs is 12. The fourth-order valence-corrected chi connectivity index (χ4v) is 25.1. The van der Waals surface area contributed by atoms with Gasteiger partial charge in [-0.1, -0.05) is 232 Å². The zero-order valence-electron chi connectivity index (χ0n) is 57.9. The third kappa shape index (κ3) is 14.0.